The number of piperidine rings is 2. The average Bonchev–Trinajstić information content (AvgIpc) is 3.67. The number of rotatable bonds is 7. The van der Waals surface area contributed by atoms with E-state index in [1.165, 1.54) is 12.4 Å². The van der Waals surface area contributed by atoms with Crippen molar-refractivity contribution < 1.29 is 9.59 Å². The molecule has 0 radical (unpaired) electrons. The molecule has 5 aromatic rings. The first-order valence-electron chi connectivity index (χ1n) is 16.8. The highest BCUT2D eigenvalue weighted by molar-refractivity contribution is 9.10. The molecule has 5 aromatic heterocycles. The van der Waals surface area contributed by atoms with Crippen LogP contribution in [-0.4, -0.2) is 79.5 Å². The predicted octanol–water partition coefficient (Wildman–Crippen LogP) is 4.57. The zero-order valence-corrected chi connectivity index (χ0v) is 32.5. The van der Waals surface area contributed by atoms with E-state index in [9.17, 15) is 9.59 Å². The number of fused-ring (bicyclic) bond motifs is 2. The Labute approximate surface area is 317 Å². The predicted molar refractivity (Wildman–Crippen MR) is 206 cm³/mol. The van der Waals surface area contributed by atoms with Crippen LogP contribution in [0, 0.1) is 22.2 Å². The molecule has 7 N–H and O–H groups in total. The third-order valence-corrected chi connectivity index (χ3v) is 10.7. The molecule has 15 nitrogen and oxygen atoms in total. The summed E-state index contributed by atoms with van der Waals surface area (Å²) in [5, 5.41) is 36.1. The molecule has 0 aliphatic carbocycles. The minimum Gasteiger partial charge on any atom is -0.379 e. The second kappa shape index (κ2) is 14.7. The Morgan fingerprint density at radius 3 is 1.90 bits per heavy atom. The van der Waals surface area contributed by atoms with E-state index in [1.807, 2.05) is 36.7 Å². The van der Waals surface area contributed by atoms with Gasteiger partial charge in [0.1, 0.15) is 6.07 Å². The number of hydrogen-bond donors (Lipinski definition) is 5. The number of amides is 2. The Hall–Kier alpha value is -4.79. The highest BCUT2D eigenvalue weighted by Crippen LogP contribution is 2.36. The Kier molecular flexibility index (Phi) is 10.4. The number of nitrogens with one attached hydrogen (secondary N) is 3. The summed E-state index contributed by atoms with van der Waals surface area (Å²) in [6.07, 6.45) is 8.53. The van der Waals surface area contributed by atoms with Gasteiger partial charge in [0.05, 0.1) is 45.9 Å². The third kappa shape index (κ3) is 7.69. The number of anilines is 3. The van der Waals surface area contributed by atoms with Crippen molar-refractivity contribution in [3.63, 3.8) is 0 Å². The Balaban J connectivity index is 0.000000187. The molecule has 17 heteroatoms. The van der Waals surface area contributed by atoms with Crippen LogP contribution in [0.3, 0.4) is 0 Å². The number of nitrogens with zero attached hydrogens (tertiary/aromatic N) is 8. The van der Waals surface area contributed by atoms with Crippen molar-refractivity contribution >= 4 is 71.9 Å². The van der Waals surface area contributed by atoms with E-state index in [0.717, 1.165) is 70.5 Å². The first-order chi connectivity index (χ1) is 24.7. The molecule has 7 heterocycles. The average molecular weight is 836 g/mol. The van der Waals surface area contributed by atoms with Gasteiger partial charge in [0.2, 0.25) is 0 Å². The van der Waals surface area contributed by atoms with Gasteiger partial charge in [-0.3, -0.25) is 9.59 Å². The maximum absolute atomic E-state index is 12.0. The molecule has 2 amide bonds. The molecule has 7 rings (SSSR count). The number of hydrogen-bond acceptors (Lipinski definition) is 11. The molecule has 0 saturated carbocycles. The van der Waals surface area contributed by atoms with Crippen molar-refractivity contribution in [1.82, 2.24) is 34.7 Å². The van der Waals surface area contributed by atoms with Crippen molar-refractivity contribution in [3.05, 3.63) is 74.8 Å². The lowest BCUT2D eigenvalue weighted by atomic mass is 9.79. The van der Waals surface area contributed by atoms with Gasteiger partial charge in [-0.15, -0.1) is 10.2 Å². The first kappa shape index (κ1) is 37.0. The SMILES string of the molecule is CC1(C)CN(c2ccc(C#N)nn2)CCC1Nc1c(C(N)=O)cnn2cc(Br)cc12.CC1(C)CNCCC1Nc1c(C(N)=O)cnn2cc(Br)cc12. The Morgan fingerprint density at radius 2 is 1.44 bits per heavy atom. The number of halogens is 2. The van der Waals surface area contributed by atoms with E-state index < -0.39 is 11.8 Å². The number of carbonyl (C=O) groups is 2. The highest BCUT2D eigenvalue weighted by Gasteiger charge is 2.38. The molecule has 52 heavy (non-hydrogen) atoms. The van der Waals surface area contributed by atoms with Gasteiger partial charge >= 0.3 is 0 Å². The van der Waals surface area contributed by atoms with Crippen LogP contribution >= 0.6 is 31.9 Å². The normalized spacial score (nSPS) is 19.4. The van der Waals surface area contributed by atoms with Crippen molar-refractivity contribution in [2.45, 2.75) is 52.6 Å². The second-order valence-corrected chi connectivity index (χ2v) is 16.3. The monoisotopic (exact) mass is 833 g/mol. The quantitative estimate of drug-likeness (QED) is 0.153. The molecule has 2 unspecified atom stereocenters. The van der Waals surface area contributed by atoms with Crippen LogP contribution in [0.25, 0.3) is 11.0 Å². The van der Waals surface area contributed by atoms with Crippen LogP contribution < -0.4 is 32.3 Å². The molecule has 2 fully saturated rings. The smallest absolute Gasteiger partial charge is 0.252 e. The fourth-order valence-electron chi connectivity index (χ4n) is 6.89. The lowest BCUT2D eigenvalue weighted by molar-refractivity contribution is 0.0992. The van der Waals surface area contributed by atoms with E-state index in [1.54, 1.807) is 15.1 Å². The molecule has 2 aliphatic rings. The lowest BCUT2D eigenvalue weighted by Gasteiger charge is -2.45. The maximum Gasteiger partial charge on any atom is 0.252 e. The Bertz CT molecular complexity index is 2170. The van der Waals surface area contributed by atoms with Gasteiger partial charge < -0.3 is 32.3 Å². The minimum absolute atomic E-state index is 0.0806. The summed E-state index contributed by atoms with van der Waals surface area (Å²) in [4.78, 5) is 26.0. The van der Waals surface area contributed by atoms with Crippen LogP contribution in [0.15, 0.2) is 58.0 Å². The summed E-state index contributed by atoms with van der Waals surface area (Å²) >= 11 is 6.92. The summed E-state index contributed by atoms with van der Waals surface area (Å²) in [5.41, 5.74) is 15.3. The molecule has 2 saturated heterocycles. The Morgan fingerprint density at radius 1 is 0.885 bits per heavy atom. The van der Waals surface area contributed by atoms with Gasteiger partial charge in [-0.1, -0.05) is 27.7 Å². The molecule has 272 valence electrons. The van der Waals surface area contributed by atoms with E-state index in [0.29, 0.717) is 22.5 Å². The zero-order valence-electron chi connectivity index (χ0n) is 29.3. The largest absolute Gasteiger partial charge is 0.379 e. The molecule has 0 bridgehead atoms. The van der Waals surface area contributed by atoms with Crippen LogP contribution in [0.1, 0.15) is 66.9 Å². The lowest BCUT2D eigenvalue weighted by Crippen LogP contribution is -2.52. The number of carbonyl (C=O) groups excluding carboxylic acids is 2. The maximum atomic E-state index is 12.0. The standard InChI is InChI=1S/C20H21BrN8O.C15H20BrN5O/c1-20(2)11-28(17-4-3-13(8-22)26-27-17)6-5-16(20)25-18-14(19(23)30)9-24-29-10-12(21)7-15(18)29;1-15(2)8-18-4-3-12(15)20-13-10(14(17)22)6-19-21-7-9(16)5-11(13)21/h3-4,7,9-10,16,25H,5-6,11H2,1-2H3,(H2,23,30);5-7,12,18,20H,3-4,8H2,1-2H3,(H2,17,22). The summed E-state index contributed by atoms with van der Waals surface area (Å²) in [6.45, 7) is 12.2. The van der Waals surface area contributed by atoms with Crippen molar-refractivity contribution in [2.24, 2.45) is 22.3 Å². The highest BCUT2D eigenvalue weighted by atomic mass is 79.9. The third-order valence-electron chi connectivity index (χ3n) is 9.83. The number of primary amides is 2. The molecule has 0 aromatic carbocycles. The van der Waals surface area contributed by atoms with Gasteiger partial charge in [-0.2, -0.15) is 15.5 Å². The fraction of sp³-hybridized carbons (Fsp3) is 0.400. The summed E-state index contributed by atoms with van der Waals surface area (Å²) in [6, 6.07) is 9.70. The number of aromatic nitrogens is 6. The van der Waals surface area contributed by atoms with Gasteiger partial charge in [-0.25, -0.2) is 9.03 Å². The topological polar surface area (TPSA) is 210 Å². The van der Waals surface area contributed by atoms with Crippen molar-refractivity contribution in [1.29, 1.82) is 5.26 Å². The number of nitriles is 1. The van der Waals surface area contributed by atoms with E-state index in [4.69, 9.17) is 16.7 Å². The first-order valence-corrected chi connectivity index (χ1v) is 18.4. The molecule has 2 aliphatic heterocycles. The van der Waals surface area contributed by atoms with Gasteiger partial charge in [-0.05, 0) is 80.9 Å². The van der Waals surface area contributed by atoms with Gasteiger partial charge in [0.25, 0.3) is 11.8 Å². The van der Waals surface area contributed by atoms with E-state index in [2.05, 4.69) is 101 Å². The van der Waals surface area contributed by atoms with Crippen LogP contribution in [-0.2, 0) is 0 Å². The minimum atomic E-state index is -0.520. The van der Waals surface area contributed by atoms with Gasteiger partial charge in [0, 0.05) is 58.5 Å². The number of nitrogens with two attached hydrogens (primary N) is 2. The second-order valence-electron chi connectivity index (χ2n) is 14.5. The summed E-state index contributed by atoms with van der Waals surface area (Å²) in [7, 11) is 0. The van der Waals surface area contributed by atoms with Crippen molar-refractivity contribution in [2.75, 3.05) is 41.7 Å². The van der Waals surface area contributed by atoms with Crippen molar-refractivity contribution in [3.8, 4) is 6.07 Å². The van der Waals surface area contributed by atoms with Crippen LogP contribution in [0.4, 0.5) is 17.2 Å². The van der Waals surface area contributed by atoms with E-state index >= 15 is 0 Å². The molecular weight excluding hydrogens is 794 g/mol. The van der Waals surface area contributed by atoms with Crippen LogP contribution in [0.2, 0.25) is 0 Å². The summed E-state index contributed by atoms with van der Waals surface area (Å²) < 4.78 is 5.24. The van der Waals surface area contributed by atoms with Crippen LogP contribution in [0.5, 0.6) is 0 Å². The van der Waals surface area contributed by atoms with Gasteiger partial charge in [0.15, 0.2) is 11.5 Å². The molecular formula is C35H41Br2N13O2. The molecule has 0 spiro atoms. The zero-order chi connectivity index (χ0) is 37.4. The summed E-state index contributed by atoms with van der Waals surface area (Å²) in [5.74, 6) is -0.241. The fourth-order valence-corrected chi connectivity index (χ4v) is 7.71. The molecule has 2 atom stereocenters. The van der Waals surface area contributed by atoms with E-state index in [-0.39, 0.29) is 22.9 Å².